The Labute approximate surface area is 258 Å². The van der Waals surface area contributed by atoms with Gasteiger partial charge in [-0.05, 0) is 20.3 Å². The minimum absolute atomic E-state index is 0.119. The number of aliphatic hydroxyl groups is 3. The monoisotopic (exact) mass is 631 g/mol. The lowest BCUT2D eigenvalue weighted by Crippen LogP contribution is -2.53. The second kappa shape index (κ2) is 22.8. The number of rotatable bonds is 22. The van der Waals surface area contributed by atoms with Gasteiger partial charge in [-0.15, -0.1) is 0 Å². The Balaban J connectivity index is 5.17. The number of nitrogens with one attached hydrogen (secondary N) is 2. The number of nitrogens with zero attached hydrogens (tertiary/aromatic N) is 1. The van der Waals surface area contributed by atoms with Crippen LogP contribution < -0.4 is 10.6 Å². The molecule has 0 bridgehead atoms. The molecule has 0 aromatic carbocycles. The van der Waals surface area contributed by atoms with Crippen LogP contribution in [0.15, 0.2) is 24.3 Å². The zero-order valence-electron chi connectivity index (χ0n) is 26.2. The number of ether oxygens (including phenoxy) is 4. The second-order valence-corrected chi connectivity index (χ2v) is 10.2. The number of alkyl carbamates (subject to hydrolysis) is 2. The minimum atomic E-state index is -1.91. The molecule has 0 saturated carbocycles. The van der Waals surface area contributed by atoms with E-state index in [0.717, 1.165) is 25.7 Å². The average molecular weight is 632 g/mol. The van der Waals surface area contributed by atoms with Crippen molar-refractivity contribution in [3.05, 3.63) is 24.3 Å². The third-order valence-corrected chi connectivity index (χ3v) is 6.03. The summed E-state index contributed by atoms with van der Waals surface area (Å²) in [6, 6.07) is 0. The molecule has 15 heteroatoms. The first kappa shape index (κ1) is 40.3. The molecular weight excluding hydrogens is 582 g/mol. The van der Waals surface area contributed by atoms with E-state index in [0.29, 0.717) is 6.42 Å². The number of unbranched alkanes of at least 4 members (excludes halogenated alkanes) is 4. The molecule has 4 atom stereocenters. The molecule has 0 aromatic heterocycles. The first-order valence-corrected chi connectivity index (χ1v) is 14.5. The van der Waals surface area contributed by atoms with E-state index in [1.54, 1.807) is 0 Å². The van der Waals surface area contributed by atoms with Crippen LogP contribution >= 0.6 is 0 Å². The summed E-state index contributed by atoms with van der Waals surface area (Å²) in [7, 11) is 1.44. The molecule has 0 fully saturated rings. The highest BCUT2D eigenvalue weighted by Crippen LogP contribution is 2.13. The van der Waals surface area contributed by atoms with Crippen LogP contribution in [0.25, 0.3) is 0 Å². The lowest BCUT2D eigenvalue weighted by Gasteiger charge is -2.31. The Morgan fingerprint density at radius 2 is 1.30 bits per heavy atom. The number of hydrogen-bond acceptors (Lipinski definition) is 12. The van der Waals surface area contributed by atoms with Crippen molar-refractivity contribution in [3.63, 3.8) is 0 Å². The number of aliphatic hydroxyl groups excluding tert-OH is 3. The topological polar surface area (TPSA) is 210 Å². The molecule has 15 nitrogen and oxygen atoms in total. The van der Waals surface area contributed by atoms with Crippen LogP contribution in [0.3, 0.4) is 0 Å². The molecule has 0 saturated heterocycles. The molecule has 252 valence electrons. The Kier molecular flexibility index (Phi) is 20.9. The molecule has 0 aliphatic rings. The average Bonchev–Trinajstić information content (AvgIpc) is 2.97. The summed E-state index contributed by atoms with van der Waals surface area (Å²) in [5.74, 6) is -1.58. The van der Waals surface area contributed by atoms with E-state index < -0.39 is 55.1 Å². The Morgan fingerprint density at radius 3 is 1.82 bits per heavy atom. The predicted molar refractivity (Wildman–Crippen MR) is 158 cm³/mol. The Morgan fingerprint density at radius 1 is 0.773 bits per heavy atom. The van der Waals surface area contributed by atoms with Crippen molar-refractivity contribution in [1.29, 1.82) is 0 Å². The van der Waals surface area contributed by atoms with Gasteiger partial charge in [0.05, 0.1) is 13.1 Å². The highest BCUT2D eigenvalue weighted by molar-refractivity contribution is 5.87. The van der Waals surface area contributed by atoms with Gasteiger partial charge in [-0.3, -0.25) is 4.79 Å². The van der Waals surface area contributed by atoms with Crippen molar-refractivity contribution in [2.45, 2.75) is 83.7 Å². The maximum absolute atomic E-state index is 12.5. The number of carbonyl (C=O) groups is 5. The predicted octanol–water partition coefficient (Wildman–Crippen LogP) is 0.948. The van der Waals surface area contributed by atoms with Crippen molar-refractivity contribution >= 4 is 30.0 Å². The van der Waals surface area contributed by atoms with Gasteiger partial charge in [0.1, 0.15) is 38.1 Å². The summed E-state index contributed by atoms with van der Waals surface area (Å²) in [6.45, 7) is 10.0. The van der Waals surface area contributed by atoms with E-state index in [4.69, 9.17) is 18.9 Å². The van der Waals surface area contributed by atoms with E-state index in [1.807, 2.05) is 0 Å². The van der Waals surface area contributed by atoms with Gasteiger partial charge in [0.15, 0.2) is 6.10 Å². The van der Waals surface area contributed by atoms with E-state index in [-0.39, 0.29) is 56.3 Å². The molecule has 0 spiro atoms. The summed E-state index contributed by atoms with van der Waals surface area (Å²) in [5, 5.41) is 36.6. The maximum atomic E-state index is 12.5. The molecule has 5 N–H and O–H groups in total. The van der Waals surface area contributed by atoms with Gasteiger partial charge in [0.2, 0.25) is 5.91 Å². The van der Waals surface area contributed by atoms with Gasteiger partial charge in [-0.25, -0.2) is 19.2 Å². The Bertz CT molecular complexity index is 958. The summed E-state index contributed by atoms with van der Waals surface area (Å²) in [4.78, 5) is 60.9. The highest BCUT2D eigenvalue weighted by atomic mass is 16.6. The number of carbonyl (C=O) groups excluding carboxylic acids is 5. The minimum Gasteiger partial charge on any atom is -0.460 e. The summed E-state index contributed by atoms with van der Waals surface area (Å²) in [5.41, 5.74) is 0.335. The zero-order chi connectivity index (χ0) is 33.7. The summed E-state index contributed by atoms with van der Waals surface area (Å²) >= 11 is 0. The molecule has 44 heavy (non-hydrogen) atoms. The molecule has 0 aliphatic heterocycles. The second-order valence-electron chi connectivity index (χ2n) is 10.2. The standard InChI is InChI=1S/C29H49N3O12/c1-7-8-9-10-11-12-23(35)32(6)17-21(33)24(36)25(44-29(40)31-14-16-42-27(38)20(4)5)22(34)18-43-28(39)30-13-15-41-26(37)19(2)3/h21-22,24-25,33-34,36H,2,4,7-18H2,1,3,5-6H3,(H,30,39)(H,31,40). The third-order valence-electron chi connectivity index (χ3n) is 6.03. The van der Waals surface area contributed by atoms with Crippen molar-refractivity contribution in [2.75, 3.05) is 46.5 Å². The van der Waals surface area contributed by atoms with Crippen LogP contribution in [0.2, 0.25) is 0 Å². The number of amides is 3. The van der Waals surface area contributed by atoms with E-state index in [9.17, 15) is 39.3 Å². The number of likely N-dealkylation sites (N-methyl/N-ethyl adjacent to an activating group) is 1. The number of hydrogen-bond donors (Lipinski definition) is 5. The summed E-state index contributed by atoms with van der Waals surface area (Å²) < 4.78 is 19.7. The van der Waals surface area contributed by atoms with Crippen molar-refractivity contribution in [1.82, 2.24) is 15.5 Å². The maximum Gasteiger partial charge on any atom is 0.407 e. The number of esters is 2. The van der Waals surface area contributed by atoms with Gasteiger partial charge in [-0.2, -0.15) is 0 Å². The van der Waals surface area contributed by atoms with Gasteiger partial charge in [-0.1, -0.05) is 45.8 Å². The molecule has 0 aromatic rings. The summed E-state index contributed by atoms with van der Waals surface area (Å²) in [6.07, 6.45) is -4.43. The largest absolute Gasteiger partial charge is 0.460 e. The van der Waals surface area contributed by atoms with Crippen LogP contribution in [0.4, 0.5) is 9.59 Å². The van der Waals surface area contributed by atoms with E-state index in [2.05, 4.69) is 30.7 Å². The first-order chi connectivity index (χ1) is 20.7. The van der Waals surface area contributed by atoms with Gasteiger partial charge >= 0.3 is 24.1 Å². The molecular formula is C29H49N3O12. The van der Waals surface area contributed by atoms with E-state index >= 15 is 0 Å². The van der Waals surface area contributed by atoms with Gasteiger partial charge in [0.25, 0.3) is 0 Å². The lowest BCUT2D eigenvalue weighted by molar-refractivity contribution is -0.139. The fourth-order valence-corrected chi connectivity index (χ4v) is 3.47. The molecule has 0 aliphatic carbocycles. The normalized spacial score (nSPS) is 13.3. The fourth-order valence-electron chi connectivity index (χ4n) is 3.47. The quantitative estimate of drug-likeness (QED) is 0.0489. The SMILES string of the molecule is C=C(C)C(=O)OCCNC(=O)OCC(O)C(OC(=O)NCCOC(=O)C(=C)C)C(O)C(O)CN(C)C(=O)CCCCCCC. The van der Waals surface area contributed by atoms with Gasteiger partial charge < -0.3 is 49.8 Å². The van der Waals surface area contributed by atoms with Crippen LogP contribution in [-0.2, 0) is 33.3 Å². The zero-order valence-corrected chi connectivity index (χ0v) is 26.2. The van der Waals surface area contributed by atoms with Crippen molar-refractivity contribution in [2.24, 2.45) is 0 Å². The molecule has 3 amide bonds. The first-order valence-electron chi connectivity index (χ1n) is 14.5. The van der Waals surface area contributed by atoms with E-state index in [1.165, 1.54) is 25.8 Å². The highest BCUT2D eigenvalue weighted by Gasteiger charge is 2.37. The van der Waals surface area contributed by atoms with Crippen molar-refractivity contribution in [3.8, 4) is 0 Å². The van der Waals surface area contributed by atoms with Crippen LogP contribution in [0.5, 0.6) is 0 Å². The smallest absolute Gasteiger partial charge is 0.407 e. The third kappa shape index (κ3) is 18.1. The lowest BCUT2D eigenvalue weighted by atomic mass is 10.0. The van der Waals surface area contributed by atoms with Crippen LogP contribution in [0, 0.1) is 0 Å². The molecule has 0 radical (unpaired) electrons. The van der Waals surface area contributed by atoms with Crippen LogP contribution in [0.1, 0.15) is 59.3 Å². The van der Waals surface area contributed by atoms with Gasteiger partial charge in [0, 0.05) is 31.2 Å². The Hall–Kier alpha value is -3.69. The van der Waals surface area contributed by atoms with Crippen LogP contribution in [-0.4, -0.2) is 121 Å². The fraction of sp³-hybridized carbons (Fsp3) is 0.690. The molecule has 0 heterocycles. The molecule has 4 unspecified atom stereocenters. The van der Waals surface area contributed by atoms with Crippen molar-refractivity contribution < 1.29 is 58.2 Å². The molecule has 0 rings (SSSR count).